The quantitative estimate of drug-likeness (QED) is 0.932. The molecule has 3 nitrogen and oxygen atoms in total. The van der Waals surface area contributed by atoms with Crippen LogP contribution in [0, 0.1) is 5.82 Å². The third-order valence-corrected chi connectivity index (χ3v) is 4.22. The zero-order valence-corrected chi connectivity index (χ0v) is 13.1. The summed E-state index contributed by atoms with van der Waals surface area (Å²) in [6.07, 6.45) is 3.78. The molecule has 0 saturated carbocycles. The second-order valence-corrected chi connectivity index (χ2v) is 5.90. The summed E-state index contributed by atoms with van der Waals surface area (Å²) in [6.45, 7) is 2.58. The Morgan fingerprint density at radius 3 is 2.26 bits per heavy atom. The summed E-state index contributed by atoms with van der Waals surface area (Å²) in [5.41, 5.74) is 2.71. The first-order chi connectivity index (χ1) is 11.2. The van der Waals surface area contributed by atoms with Crippen molar-refractivity contribution in [2.45, 2.75) is 25.8 Å². The molecule has 4 heteroatoms. The smallest absolute Gasteiger partial charge is 0.251 e. The van der Waals surface area contributed by atoms with Gasteiger partial charge in [-0.25, -0.2) is 4.39 Å². The van der Waals surface area contributed by atoms with E-state index in [2.05, 4.69) is 10.2 Å². The van der Waals surface area contributed by atoms with E-state index >= 15 is 0 Å². The van der Waals surface area contributed by atoms with Gasteiger partial charge in [0.2, 0.25) is 0 Å². The Labute approximate surface area is 136 Å². The summed E-state index contributed by atoms with van der Waals surface area (Å²) in [5.74, 6) is -0.382. The normalized spacial score (nSPS) is 14.6. The van der Waals surface area contributed by atoms with Crippen LogP contribution in [0.1, 0.15) is 35.2 Å². The molecule has 1 amide bonds. The molecule has 0 spiro atoms. The first-order valence-electron chi connectivity index (χ1n) is 8.10. The van der Waals surface area contributed by atoms with Gasteiger partial charge in [-0.2, -0.15) is 0 Å². The lowest BCUT2D eigenvalue weighted by atomic mass is 10.1. The summed E-state index contributed by atoms with van der Waals surface area (Å²) in [5, 5.41) is 2.86. The van der Waals surface area contributed by atoms with Crippen molar-refractivity contribution >= 4 is 11.6 Å². The van der Waals surface area contributed by atoms with Gasteiger partial charge >= 0.3 is 0 Å². The number of nitrogens with zero attached hydrogens (tertiary/aromatic N) is 1. The van der Waals surface area contributed by atoms with E-state index in [4.69, 9.17) is 0 Å². The first-order valence-corrected chi connectivity index (χ1v) is 8.10. The maximum absolute atomic E-state index is 12.9. The zero-order valence-electron chi connectivity index (χ0n) is 13.1. The third kappa shape index (κ3) is 4.09. The molecule has 1 aliphatic heterocycles. The van der Waals surface area contributed by atoms with Crippen LogP contribution in [0.15, 0.2) is 48.5 Å². The maximum atomic E-state index is 12.9. The largest absolute Gasteiger partial charge is 0.372 e. The molecule has 2 aromatic rings. The molecule has 23 heavy (non-hydrogen) atoms. The number of carbonyl (C=O) groups excluding carboxylic acids is 1. The molecule has 0 radical (unpaired) electrons. The molecule has 1 saturated heterocycles. The Morgan fingerprint density at radius 2 is 1.61 bits per heavy atom. The molecule has 1 N–H and O–H groups in total. The predicted octanol–water partition coefficient (Wildman–Crippen LogP) is 3.75. The van der Waals surface area contributed by atoms with E-state index in [0.717, 1.165) is 18.7 Å². The zero-order chi connectivity index (χ0) is 16.1. The van der Waals surface area contributed by atoms with Crippen molar-refractivity contribution in [3.05, 3.63) is 65.5 Å². The van der Waals surface area contributed by atoms with Crippen molar-refractivity contribution in [2.24, 2.45) is 0 Å². The van der Waals surface area contributed by atoms with Crippen LogP contribution in [0.5, 0.6) is 0 Å². The van der Waals surface area contributed by atoms with Gasteiger partial charge in [-0.05, 0) is 61.2 Å². The fraction of sp³-hybridized carbons (Fsp3) is 0.316. The number of hydrogen-bond donors (Lipinski definition) is 1. The lowest BCUT2D eigenvalue weighted by molar-refractivity contribution is 0.0951. The summed E-state index contributed by atoms with van der Waals surface area (Å²) >= 11 is 0. The van der Waals surface area contributed by atoms with Gasteiger partial charge in [0.05, 0.1) is 0 Å². The molecule has 120 valence electrons. The van der Waals surface area contributed by atoms with Crippen LogP contribution in [0.3, 0.4) is 0 Å². The van der Waals surface area contributed by atoms with Gasteiger partial charge < -0.3 is 10.2 Å². The minimum Gasteiger partial charge on any atom is -0.372 e. The van der Waals surface area contributed by atoms with Gasteiger partial charge in [0.15, 0.2) is 0 Å². The van der Waals surface area contributed by atoms with Crippen LogP contribution in [-0.2, 0) is 6.54 Å². The fourth-order valence-corrected chi connectivity index (χ4v) is 2.86. The van der Waals surface area contributed by atoms with Crippen LogP contribution in [-0.4, -0.2) is 19.0 Å². The lowest BCUT2D eigenvalue weighted by Gasteiger charge is -2.28. The Bertz CT molecular complexity index is 646. The van der Waals surface area contributed by atoms with E-state index in [9.17, 15) is 9.18 Å². The average molecular weight is 312 g/mol. The summed E-state index contributed by atoms with van der Waals surface area (Å²) in [4.78, 5) is 14.5. The lowest BCUT2D eigenvalue weighted by Crippen LogP contribution is -2.29. The van der Waals surface area contributed by atoms with Crippen LogP contribution in [0.2, 0.25) is 0 Å². The second-order valence-electron chi connectivity index (χ2n) is 5.90. The molecule has 3 rings (SSSR count). The van der Waals surface area contributed by atoms with Crippen molar-refractivity contribution in [3.8, 4) is 0 Å². The maximum Gasteiger partial charge on any atom is 0.251 e. The van der Waals surface area contributed by atoms with Crippen molar-refractivity contribution < 1.29 is 9.18 Å². The van der Waals surface area contributed by atoms with E-state index in [1.165, 1.54) is 37.1 Å². The number of hydrogen-bond acceptors (Lipinski definition) is 2. The molecular formula is C19H21FN2O. The number of piperidine rings is 1. The third-order valence-electron chi connectivity index (χ3n) is 4.22. The topological polar surface area (TPSA) is 32.3 Å². The number of carbonyl (C=O) groups is 1. The van der Waals surface area contributed by atoms with Crippen LogP contribution in [0.25, 0.3) is 0 Å². The van der Waals surface area contributed by atoms with Gasteiger partial charge in [-0.3, -0.25) is 4.79 Å². The van der Waals surface area contributed by atoms with Crippen LogP contribution >= 0.6 is 0 Å². The Balaban J connectivity index is 1.57. The molecule has 0 bridgehead atoms. The standard InChI is InChI=1S/C19H21FN2O/c20-17-8-4-15(5-9-17)14-21-19(23)16-6-10-18(11-7-16)22-12-2-1-3-13-22/h4-11H,1-3,12-14H2,(H,21,23). The van der Waals surface area contributed by atoms with Crippen molar-refractivity contribution in [1.82, 2.24) is 5.32 Å². The highest BCUT2D eigenvalue weighted by molar-refractivity contribution is 5.94. The summed E-state index contributed by atoms with van der Waals surface area (Å²) < 4.78 is 12.9. The number of anilines is 1. The van der Waals surface area contributed by atoms with E-state index in [-0.39, 0.29) is 11.7 Å². The highest BCUT2D eigenvalue weighted by Gasteiger charge is 2.12. The Hall–Kier alpha value is -2.36. The molecule has 1 heterocycles. The van der Waals surface area contributed by atoms with Gasteiger partial charge in [0, 0.05) is 30.9 Å². The molecule has 0 aromatic heterocycles. The number of halogens is 1. The predicted molar refractivity (Wildman–Crippen MR) is 90.1 cm³/mol. The van der Waals surface area contributed by atoms with Gasteiger partial charge in [0.25, 0.3) is 5.91 Å². The fourth-order valence-electron chi connectivity index (χ4n) is 2.86. The molecule has 1 fully saturated rings. The average Bonchev–Trinajstić information content (AvgIpc) is 2.62. The Kier molecular flexibility index (Phi) is 4.91. The second kappa shape index (κ2) is 7.27. The molecule has 0 unspecified atom stereocenters. The van der Waals surface area contributed by atoms with Gasteiger partial charge in [-0.1, -0.05) is 12.1 Å². The van der Waals surface area contributed by atoms with Crippen molar-refractivity contribution in [2.75, 3.05) is 18.0 Å². The van der Waals surface area contributed by atoms with E-state index in [1.54, 1.807) is 12.1 Å². The molecular weight excluding hydrogens is 291 g/mol. The minimum atomic E-state index is -0.270. The highest BCUT2D eigenvalue weighted by Crippen LogP contribution is 2.20. The molecule has 0 atom stereocenters. The van der Waals surface area contributed by atoms with E-state index in [0.29, 0.717) is 12.1 Å². The summed E-state index contributed by atoms with van der Waals surface area (Å²) in [7, 11) is 0. The highest BCUT2D eigenvalue weighted by atomic mass is 19.1. The van der Waals surface area contributed by atoms with Gasteiger partial charge in [0.1, 0.15) is 5.82 Å². The first kappa shape index (κ1) is 15.5. The van der Waals surface area contributed by atoms with Crippen LogP contribution < -0.4 is 10.2 Å². The SMILES string of the molecule is O=C(NCc1ccc(F)cc1)c1ccc(N2CCCCC2)cc1. The van der Waals surface area contributed by atoms with Crippen molar-refractivity contribution in [1.29, 1.82) is 0 Å². The summed E-state index contributed by atoms with van der Waals surface area (Å²) in [6, 6.07) is 13.9. The minimum absolute atomic E-state index is 0.112. The van der Waals surface area contributed by atoms with Crippen LogP contribution in [0.4, 0.5) is 10.1 Å². The monoisotopic (exact) mass is 312 g/mol. The number of amides is 1. The van der Waals surface area contributed by atoms with E-state index in [1.807, 2.05) is 24.3 Å². The van der Waals surface area contributed by atoms with Gasteiger partial charge in [-0.15, -0.1) is 0 Å². The number of rotatable bonds is 4. The Morgan fingerprint density at radius 1 is 0.957 bits per heavy atom. The van der Waals surface area contributed by atoms with E-state index < -0.39 is 0 Å². The van der Waals surface area contributed by atoms with Crippen molar-refractivity contribution in [3.63, 3.8) is 0 Å². The molecule has 0 aliphatic carbocycles. The molecule has 2 aromatic carbocycles. The number of nitrogens with one attached hydrogen (secondary N) is 1. The molecule has 1 aliphatic rings. The number of benzene rings is 2.